The fraction of sp³-hybridized carbons (Fsp3) is 0.240. The van der Waals surface area contributed by atoms with Crippen LogP contribution >= 0.6 is 0 Å². The van der Waals surface area contributed by atoms with E-state index in [1.165, 1.54) is 0 Å². The van der Waals surface area contributed by atoms with E-state index in [1.807, 2.05) is 36.4 Å². The van der Waals surface area contributed by atoms with Crippen molar-refractivity contribution in [3.63, 3.8) is 0 Å². The monoisotopic (exact) mass is 436 g/mol. The second-order valence-electron chi connectivity index (χ2n) is 7.39. The summed E-state index contributed by atoms with van der Waals surface area (Å²) in [5.41, 5.74) is 2.57. The van der Waals surface area contributed by atoms with Crippen LogP contribution in [0.2, 0.25) is 0 Å². The van der Waals surface area contributed by atoms with Crippen LogP contribution in [-0.2, 0) is 11.3 Å². The third-order valence-corrected chi connectivity index (χ3v) is 4.83. The average Bonchev–Trinajstić information content (AvgIpc) is 3.43. The Labute approximate surface area is 185 Å². The first-order valence-corrected chi connectivity index (χ1v) is 10.1. The summed E-state index contributed by atoms with van der Waals surface area (Å²) in [5.74, 6) is 2.11. The molecule has 4 aromatic rings. The van der Waals surface area contributed by atoms with Gasteiger partial charge in [0.15, 0.2) is 11.5 Å². The molecule has 0 spiro atoms. The molecule has 0 aliphatic carbocycles. The third-order valence-electron chi connectivity index (χ3n) is 4.83. The standard InChI is InChI=1S/C25H24O7/c1-15(2)31-25(26)23-10-7-18(32-23)13-29-17-6-9-21-19(12-17)20(14-30-21)16-5-8-22(27-3)24(11-16)28-4/h5-12,14-15H,13H2,1-4H3. The Morgan fingerprint density at radius 3 is 2.53 bits per heavy atom. The molecular weight excluding hydrogens is 412 g/mol. The molecular formula is C25H24O7. The van der Waals surface area contributed by atoms with E-state index in [-0.39, 0.29) is 18.5 Å². The predicted octanol–water partition coefficient (Wildman–Crippen LogP) is 5.85. The maximum Gasteiger partial charge on any atom is 0.374 e. The minimum atomic E-state index is -0.495. The summed E-state index contributed by atoms with van der Waals surface area (Å²) in [6.45, 7) is 3.74. The Kier molecular flexibility index (Phi) is 6.07. The SMILES string of the molecule is COc1ccc(-c2coc3ccc(OCc4ccc(C(=O)OC(C)C)o4)cc23)cc1OC. The van der Waals surface area contributed by atoms with E-state index < -0.39 is 5.97 Å². The van der Waals surface area contributed by atoms with Gasteiger partial charge >= 0.3 is 5.97 Å². The van der Waals surface area contributed by atoms with Crippen molar-refractivity contribution >= 4 is 16.9 Å². The Morgan fingerprint density at radius 2 is 1.78 bits per heavy atom. The summed E-state index contributed by atoms with van der Waals surface area (Å²) in [7, 11) is 3.20. The van der Waals surface area contributed by atoms with Crippen molar-refractivity contribution in [1.29, 1.82) is 0 Å². The highest BCUT2D eigenvalue weighted by Crippen LogP contribution is 2.37. The van der Waals surface area contributed by atoms with Gasteiger partial charge in [-0.1, -0.05) is 6.07 Å². The highest BCUT2D eigenvalue weighted by Gasteiger charge is 2.15. The summed E-state index contributed by atoms with van der Waals surface area (Å²) in [6.07, 6.45) is 1.49. The van der Waals surface area contributed by atoms with Crippen LogP contribution in [0, 0.1) is 0 Å². The highest BCUT2D eigenvalue weighted by atomic mass is 16.6. The number of methoxy groups -OCH3 is 2. The Bertz CT molecular complexity index is 1230. The van der Waals surface area contributed by atoms with Crippen LogP contribution in [0.3, 0.4) is 0 Å². The molecule has 7 heteroatoms. The molecule has 32 heavy (non-hydrogen) atoms. The van der Waals surface area contributed by atoms with E-state index in [0.29, 0.717) is 23.0 Å². The number of ether oxygens (including phenoxy) is 4. The predicted molar refractivity (Wildman–Crippen MR) is 118 cm³/mol. The molecule has 0 aliphatic rings. The van der Waals surface area contributed by atoms with Gasteiger partial charge in [0.05, 0.1) is 26.6 Å². The number of esters is 1. The van der Waals surface area contributed by atoms with Gasteiger partial charge in [-0.2, -0.15) is 0 Å². The lowest BCUT2D eigenvalue weighted by Crippen LogP contribution is -2.10. The molecule has 0 saturated carbocycles. The van der Waals surface area contributed by atoms with E-state index in [2.05, 4.69) is 0 Å². The number of hydrogen-bond acceptors (Lipinski definition) is 7. The van der Waals surface area contributed by atoms with E-state index in [9.17, 15) is 4.79 Å². The van der Waals surface area contributed by atoms with E-state index in [0.717, 1.165) is 22.1 Å². The molecule has 0 radical (unpaired) electrons. The molecule has 0 atom stereocenters. The summed E-state index contributed by atoms with van der Waals surface area (Å²) in [6, 6.07) is 14.6. The molecule has 0 amide bonds. The van der Waals surface area contributed by atoms with Gasteiger partial charge < -0.3 is 27.8 Å². The molecule has 166 valence electrons. The van der Waals surface area contributed by atoms with Crippen LogP contribution in [0.5, 0.6) is 17.2 Å². The van der Waals surface area contributed by atoms with Gasteiger partial charge in [0, 0.05) is 10.9 Å². The molecule has 0 unspecified atom stereocenters. The van der Waals surface area contributed by atoms with Crippen molar-refractivity contribution in [2.75, 3.05) is 14.2 Å². The molecule has 2 aromatic heterocycles. The molecule has 0 N–H and O–H groups in total. The smallest absolute Gasteiger partial charge is 0.374 e. The lowest BCUT2D eigenvalue weighted by molar-refractivity contribution is 0.0337. The van der Waals surface area contributed by atoms with Crippen molar-refractivity contribution in [2.45, 2.75) is 26.6 Å². The van der Waals surface area contributed by atoms with Crippen LogP contribution in [0.1, 0.15) is 30.2 Å². The number of carbonyl (C=O) groups is 1. The molecule has 2 aromatic carbocycles. The molecule has 0 saturated heterocycles. The van der Waals surface area contributed by atoms with Crippen LogP contribution in [0.4, 0.5) is 0 Å². The molecule has 0 bridgehead atoms. The molecule has 0 aliphatic heterocycles. The van der Waals surface area contributed by atoms with Crippen LogP contribution in [0.15, 0.2) is 63.6 Å². The zero-order valence-electron chi connectivity index (χ0n) is 18.3. The lowest BCUT2D eigenvalue weighted by atomic mass is 10.0. The van der Waals surface area contributed by atoms with Crippen molar-refractivity contribution in [1.82, 2.24) is 0 Å². The number of rotatable bonds is 8. The Morgan fingerprint density at radius 1 is 0.969 bits per heavy atom. The number of furan rings is 2. The second kappa shape index (κ2) is 9.09. The number of benzene rings is 2. The van der Waals surface area contributed by atoms with Crippen molar-refractivity contribution in [2.24, 2.45) is 0 Å². The fourth-order valence-corrected chi connectivity index (χ4v) is 3.32. The Balaban J connectivity index is 1.53. The number of carbonyl (C=O) groups excluding carboxylic acids is 1. The normalized spacial score (nSPS) is 11.0. The summed E-state index contributed by atoms with van der Waals surface area (Å²) in [4.78, 5) is 11.9. The van der Waals surface area contributed by atoms with Crippen LogP contribution in [-0.4, -0.2) is 26.3 Å². The van der Waals surface area contributed by atoms with Gasteiger partial charge in [0.25, 0.3) is 0 Å². The van der Waals surface area contributed by atoms with Crippen LogP contribution < -0.4 is 14.2 Å². The first-order valence-electron chi connectivity index (χ1n) is 10.1. The summed E-state index contributed by atoms with van der Waals surface area (Å²) in [5, 5.41) is 0.898. The highest BCUT2D eigenvalue weighted by molar-refractivity contribution is 5.95. The van der Waals surface area contributed by atoms with Gasteiger partial charge in [-0.25, -0.2) is 4.79 Å². The molecule has 0 fully saturated rings. The summed E-state index contributed by atoms with van der Waals surface area (Å²) < 4.78 is 33.0. The first-order chi connectivity index (χ1) is 15.5. The fourth-order valence-electron chi connectivity index (χ4n) is 3.32. The second-order valence-corrected chi connectivity index (χ2v) is 7.39. The molecule has 4 rings (SSSR count). The maximum atomic E-state index is 11.9. The lowest BCUT2D eigenvalue weighted by Gasteiger charge is -2.09. The minimum absolute atomic E-state index is 0.151. The molecule has 2 heterocycles. The largest absolute Gasteiger partial charge is 0.493 e. The number of fused-ring (bicyclic) bond motifs is 1. The first kappa shape index (κ1) is 21.4. The zero-order chi connectivity index (χ0) is 22.7. The quantitative estimate of drug-likeness (QED) is 0.320. The van der Waals surface area contributed by atoms with Gasteiger partial charge in [-0.15, -0.1) is 0 Å². The van der Waals surface area contributed by atoms with Crippen LogP contribution in [0.25, 0.3) is 22.1 Å². The average molecular weight is 436 g/mol. The van der Waals surface area contributed by atoms with Gasteiger partial charge in [0.1, 0.15) is 23.7 Å². The Hall–Kier alpha value is -3.87. The van der Waals surface area contributed by atoms with Crippen molar-refractivity contribution in [3.8, 4) is 28.4 Å². The number of hydrogen-bond donors (Lipinski definition) is 0. The van der Waals surface area contributed by atoms with Gasteiger partial charge in [-0.05, 0) is 61.9 Å². The summed E-state index contributed by atoms with van der Waals surface area (Å²) >= 11 is 0. The zero-order valence-corrected chi connectivity index (χ0v) is 18.3. The van der Waals surface area contributed by atoms with E-state index in [1.54, 1.807) is 46.5 Å². The van der Waals surface area contributed by atoms with Gasteiger partial charge in [0.2, 0.25) is 5.76 Å². The van der Waals surface area contributed by atoms with Crippen molar-refractivity contribution < 1.29 is 32.6 Å². The van der Waals surface area contributed by atoms with E-state index in [4.69, 9.17) is 27.8 Å². The van der Waals surface area contributed by atoms with Crippen molar-refractivity contribution in [3.05, 3.63) is 66.3 Å². The van der Waals surface area contributed by atoms with Gasteiger partial charge in [-0.3, -0.25) is 0 Å². The third kappa shape index (κ3) is 4.42. The molecule has 7 nitrogen and oxygen atoms in total. The minimum Gasteiger partial charge on any atom is -0.493 e. The van der Waals surface area contributed by atoms with E-state index >= 15 is 0 Å². The maximum absolute atomic E-state index is 11.9. The topological polar surface area (TPSA) is 80.3 Å².